The lowest BCUT2D eigenvalue weighted by Crippen LogP contribution is -2.23. The van der Waals surface area contributed by atoms with Gasteiger partial charge in [-0.2, -0.15) is 0 Å². The molecule has 0 aliphatic heterocycles. The SMILES string of the molecule is O=C(Nc1cccc(NC(=O)[C@H]2CC=CCC2)c1)c1ccncc1. The first-order valence-electron chi connectivity index (χ1n) is 8.00. The smallest absolute Gasteiger partial charge is 0.255 e. The highest BCUT2D eigenvalue weighted by molar-refractivity contribution is 6.04. The number of rotatable bonds is 4. The Balaban J connectivity index is 1.64. The van der Waals surface area contributed by atoms with Gasteiger partial charge in [0.25, 0.3) is 5.91 Å². The Morgan fingerprint density at radius 3 is 2.46 bits per heavy atom. The Hall–Kier alpha value is -2.95. The molecule has 1 atom stereocenters. The number of allylic oxidation sites excluding steroid dienone is 2. The molecule has 0 spiro atoms. The fourth-order valence-electron chi connectivity index (χ4n) is 2.66. The minimum absolute atomic E-state index is 0.0186. The summed E-state index contributed by atoms with van der Waals surface area (Å²) in [4.78, 5) is 28.3. The zero-order valence-corrected chi connectivity index (χ0v) is 13.2. The fourth-order valence-corrected chi connectivity index (χ4v) is 2.66. The van der Waals surface area contributed by atoms with Gasteiger partial charge in [0.05, 0.1) is 0 Å². The topological polar surface area (TPSA) is 71.1 Å². The molecule has 0 radical (unpaired) electrons. The van der Waals surface area contributed by atoms with E-state index in [1.165, 1.54) is 0 Å². The van der Waals surface area contributed by atoms with E-state index in [2.05, 4.69) is 27.8 Å². The van der Waals surface area contributed by atoms with Crippen molar-refractivity contribution in [3.8, 4) is 0 Å². The van der Waals surface area contributed by atoms with Crippen LogP contribution in [0.5, 0.6) is 0 Å². The number of aromatic nitrogens is 1. The molecule has 1 aliphatic carbocycles. The molecule has 0 fully saturated rings. The van der Waals surface area contributed by atoms with Crippen LogP contribution >= 0.6 is 0 Å². The molecule has 2 amide bonds. The number of nitrogens with zero attached hydrogens (tertiary/aromatic N) is 1. The predicted molar refractivity (Wildman–Crippen MR) is 93.7 cm³/mol. The average Bonchev–Trinajstić information content (AvgIpc) is 2.63. The van der Waals surface area contributed by atoms with Gasteiger partial charge in [0, 0.05) is 35.2 Å². The summed E-state index contributed by atoms with van der Waals surface area (Å²) >= 11 is 0. The first kappa shape index (κ1) is 15.9. The third-order valence-corrected chi connectivity index (χ3v) is 3.97. The third-order valence-electron chi connectivity index (χ3n) is 3.97. The summed E-state index contributed by atoms with van der Waals surface area (Å²) in [7, 11) is 0. The Morgan fingerprint density at radius 2 is 1.75 bits per heavy atom. The maximum atomic E-state index is 12.3. The number of amides is 2. The zero-order valence-electron chi connectivity index (χ0n) is 13.2. The van der Waals surface area contributed by atoms with Crippen LogP contribution in [0.2, 0.25) is 0 Å². The molecule has 0 saturated heterocycles. The summed E-state index contributed by atoms with van der Waals surface area (Å²) in [5.74, 6) is -0.166. The molecule has 1 aromatic heterocycles. The van der Waals surface area contributed by atoms with Crippen molar-refractivity contribution in [1.29, 1.82) is 0 Å². The van der Waals surface area contributed by atoms with E-state index in [0.717, 1.165) is 19.3 Å². The number of nitrogens with one attached hydrogen (secondary N) is 2. The summed E-state index contributed by atoms with van der Waals surface area (Å²) in [6, 6.07) is 10.5. The van der Waals surface area contributed by atoms with Gasteiger partial charge in [-0.05, 0) is 49.6 Å². The second kappa shape index (κ2) is 7.55. The van der Waals surface area contributed by atoms with E-state index < -0.39 is 0 Å². The quantitative estimate of drug-likeness (QED) is 0.845. The minimum Gasteiger partial charge on any atom is -0.326 e. The molecular weight excluding hydrogens is 302 g/mol. The van der Waals surface area contributed by atoms with Crippen molar-refractivity contribution in [2.24, 2.45) is 5.92 Å². The van der Waals surface area contributed by atoms with E-state index in [-0.39, 0.29) is 17.7 Å². The highest BCUT2D eigenvalue weighted by atomic mass is 16.2. The van der Waals surface area contributed by atoms with Crippen molar-refractivity contribution in [2.45, 2.75) is 19.3 Å². The van der Waals surface area contributed by atoms with Crippen LogP contribution in [0.1, 0.15) is 29.6 Å². The van der Waals surface area contributed by atoms with E-state index in [4.69, 9.17) is 0 Å². The molecule has 0 unspecified atom stereocenters. The number of hydrogen-bond donors (Lipinski definition) is 2. The predicted octanol–water partition coefficient (Wildman–Crippen LogP) is 3.63. The van der Waals surface area contributed by atoms with Crippen LogP contribution in [0.4, 0.5) is 11.4 Å². The maximum absolute atomic E-state index is 12.3. The van der Waals surface area contributed by atoms with Gasteiger partial charge in [-0.1, -0.05) is 18.2 Å². The summed E-state index contributed by atoms with van der Waals surface area (Å²) in [6.45, 7) is 0. The van der Waals surface area contributed by atoms with E-state index in [1.54, 1.807) is 42.7 Å². The third kappa shape index (κ3) is 4.07. The number of pyridine rings is 1. The molecule has 2 aromatic rings. The molecule has 5 nitrogen and oxygen atoms in total. The van der Waals surface area contributed by atoms with Crippen LogP contribution in [0.3, 0.4) is 0 Å². The lowest BCUT2D eigenvalue weighted by atomic mass is 9.93. The molecule has 3 rings (SSSR count). The van der Waals surface area contributed by atoms with Gasteiger partial charge < -0.3 is 10.6 Å². The first-order valence-corrected chi connectivity index (χ1v) is 8.00. The molecule has 1 aliphatic rings. The molecule has 0 bridgehead atoms. The lowest BCUT2D eigenvalue weighted by molar-refractivity contribution is -0.120. The van der Waals surface area contributed by atoms with Crippen LogP contribution in [0.15, 0.2) is 60.9 Å². The van der Waals surface area contributed by atoms with Crippen molar-refractivity contribution in [1.82, 2.24) is 4.98 Å². The molecule has 5 heteroatoms. The van der Waals surface area contributed by atoms with Crippen molar-refractivity contribution in [3.63, 3.8) is 0 Å². The van der Waals surface area contributed by atoms with E-state index in [0.29, 0.717) is 16.9 Å². The Labute approximate surface area is 140 Å². The molecular formula is C19H19N3O2. The van der Waals surface area contributed by atoms with Crippen LogP contribution < -0.4 is 10.6 Å². The van der Waals surface area contributed by atoms with Crippen LogP contribution in [-0.2, 0) is 4.79 Å². The van der Waals surface area contributed by atoms with Crippen molar-refractivity contribution < 1.29 is 9.59 Å². The largest absolute Gasteiger partial charge is 0.326 e. The number of anilines is 2. The standard InChI is InChI=1S/C19H19N3O2/c23-18(14-5-2-1-3-6-14)21-16-7-4-8-17(13-16)22-19(24)15-9-11-20-12-10-15/h1-2,4,7-14H,3,5-6H2,(H,21,23)(H,22,24)/t14-/m0/s1. The van der Waals surface area contributed by atoms with Crippen molar-refractivity contribution in [2.75, 3.05) is 10.6 Å². The van der Waals surface area contributed by atoms with Gasteiger partial charge in [-0.25, -0.2) is 0 Å². The second-order valence-corrected chi connectivity index (χ2v) is 5.74. The van der Waals surface area contributed by atoms with E-state index in [9.17, 15) is 9.59 Å². The van der Waals surface area contributed by atoms with Gasteiger partial charge in [0.15, 0.2) is 0 Å². The summed E-state index contributed by atoms with van der Waals surface area (Å²) in [5.41, 5.74) is 1.86. The van der Waals surface area contributed by atoms with Crippen LogP contribution in [0, 0.1) is 5.92 Å². The van der Waals surface area contributed by atoms with Gasteiger partial charge in [0.2, 0.25) is 5.91 Å². The Kier molecular flexibility index (Phi) is 5.01. The first-order chi connectivity index (χ1) is 11.7. The van der Waals surface area contributed by atoms with Gasteiger partial charge in [0.1, 0.15) is 0 Å². The molecule has 1 aromatic carbocycles. The monoisotopic (exact) mass is 321 g/mol. The number of benzene rings is 1. The van der Waals surface area contributed by atoms with Crippen molar-refractivity contribution >= 4 is 23.2 Å². The van der Waals surface area contributed by atoms with E-state index in [1.807, 2.05) is 6.07 Å². The van der Waals surface area contributed by atoms with Gasteiger partial charge in [-0.15, -0.1) is 0 Å². The highest BCUT2D eigenvalue weighted by Gasteiger charge is 2.18. The lowest BCUT2D eigenvalue weighted by Gasteiger charge is -2.17. The fraction of sp³-hybridized carbons (Fsp3) is 0.211. The molecule has 122 valence electrons. The van der Waals surface area contributed by atoms with Crippen LogP contribution in [-0.4, -0.2) is 16.8 Å². The van der Waals surface area contributed by atoms with Gasteiger partial charge >= 0.3 is 0 Å². The zero-order chi connectivity index (χ0) is 16.8. The van der Waals surface area contributed by atoms with E-state index >= 15 is 0 Å². The molecule has 0 saturated carbocycles. The Bertz CT molecular complexity index is 756. The number of carbonyl (C=O) groups excluding carboxylic acids is 2. The normalized spacial score (nSPS) is 16.4. The number of hydrogen-bond acceptors (Lipinski definition) is 3. The summed E-state index contributed by atoms with van der Waals surface area (Å²) in [5, 5.41) is 5.75. The average molecular weight is 321 g/mol. The maximum Gasteiger partial charge on any atom is 0.255 e. The number of carbonyl (C=O) groups is 2. The van der Waals surface area contributed by atoms with Gasteiger partial charge in [-0.3, -0.25) is 14.6 Å². The Morgan fingerprint density at radius 1 is 1.00 bits per heavy atom. The second-order valence-electron chi connectivity index (χ2n) is 5.74. The van der Waals surface area contributed by atoms with Crippen molar-refractivity contribution in [3.05, 3.63) is 66.5 Å². The molecule has 2 N–H and O–H groups in total. The van der Waals surface area contributed by atoms with Crippen LogP contribution in [0.25, 0.3) is 0 Å². The molecule has 1 heterocycles. The highest BCUT2D eigenvalue weighted by Crippen LogP contribution is 2.22. The summed E-state index contributed by atoms with van der Waals surface area (Å²) in [6.07, 6.45) is 9.91. The molecule has 24 heavy (non-hydrogen) atoms. The summed E-state index contributed by atoms with van der Waals surface area (Å²) < 4.78 is 0. The minimum atomic E-state index is -0.210.